The number of carbonyl (C=O) groups is 1. The molecule has 1 N–H and O–H groups in total. The lowest BCUT2D eigenvalue weighted by molar-refractivity contribution is -0.115. The molecular formula is C28H25N5OS2. The van der Waals surface area contributed by atoms with E-state index in [-0.39, 0.29) is 5.91 Å². The number of aromatic nitrogens is 4. The van der Waals surface area contributed by atoms with Crippen LogP contribution >= 0.6 is 23.1 Å². The van der Waals surface area contributed by atoms with E-state index in [1.165, 1.54) is 34.2 Å². The highest BCUT2D eigenvalue weighted by atomic mass is 32.2. The third-order valence-corrected chi connectivity index (χ3v) is 7.67. The van der Waals surface area contributed by atoms with Gasteiger partial charge in [0.05, 0.1) is 16.6 Å². The molecule has 180 valence electrons. The van der Waals surface area contributed by atoms with Gasteiger partial charge in [0.1, 0.15) is 0 Å². The van der Waals surface area contributed by atoms with Gasteiger partial charge in [0.25, 0.3) is 0 Å². The molecule has 0 saturated heterocycles. The number of anilines is 1. The van der Waals surface area contributed by atoms with Gasteiger partial charge in [0.15, 0.2) is 16.1 Å². The summed E-state index contributed by atoms with van der Waals surface area (Å²) in [5.74, 6) is 0.603. The second kappa shape index (κ2) is 10.5. The van der Waals surface area contributed by atoms with E-state index in [0.29, 0.717) is 10.3 Å². The van der Waals surface area contributed by atoms with Crippen molar-refractivity contribution in [2.75, 3.05) is 5.32 Å². The van der Waals surface area contributed by atoms with Crippen molar-refractivity contribution in [3.63, 3.8) is 0 Å². The Balaban J connectivity index is 1.40. The zero-order chi connectivity index (χ0) is 25.1. The maximum atomic E-state index is 13.1. The summed E-state index contributed by atoms with van der Waals surface area (Å²) in [5.41, 5.74) is 6.19. The van der Waals surface area contributed by atoms with E-state index in [1.54, 1.807) is 0 Å². The van der Waals surface area contributed by atoms with Crippen LogP contribution < -0.4 is 5.32 Å². The average molecular weight is 512 g/mol. The lowest BCUT2D eigenvalue weighted by Crippen LogP contribution is -2.22. The summed E-state index contributed by atoms with van der Waals surface area (Å²) in [6.07, 6.45) is 0. The third kappa shape index (κ3) is 5.10. The monoisotopic (exact) mass is 511 g/mol. The highest BCUT2D eigenvalue weighted by molar-refractivity contribution is 8.00. The Morgan fingerprint density at radius 2 is 1.61 bits per heavy atom. The first kappa shape index (κ1) is 24.0. The van der Waals surface area contributed by atoms with Gasteiger partial charge in [-0.1, -0.05) is 78.5 Å². The van der Waals surface area contributed by atoms with Crippen LogP contribution in [-0.2, 0) is 4.79 Å². The van der Waals surface area contributed by atoms with Crippen LogP contribution in [0.3, 0.4) is 0 Å². The Labute approximate surface area is 218 Å². The van der Waals surface area contributed by atoms with E-state index >= 15 is 0 Å². The third-order valence-electron chi connectivity index (χ3n) is 5.87. The molecule has 6 nitrogen and oxygen atoms in total. The fraction of sp³-hybridized carbons (Fsp3) is 0.143. The van der Waals surface area contributed by atoms with Crippen molar-refractivity contribution in [1.82, 2.24) is 19.7 Å². The van der Waals surface area contributed by atoms with Crippen LogP contribution in [0.15, 0.2) is 89.4 Å². The minimum Gasteiger partial charge on any atom is -0.301 e. The number of rotatable bonds is 7. The van der Waals surface area contributed by atoms with Crippen molar-refractivity contribution in [3.05, 3.63) is 95.4 Å². The molecule has 0 aliphatic rings. The van der Waals surface area contributed by atoms with Crippen molar-refractivity contribution in [3.8, 4) is 28.3 Å². The van der Waals surface area contributed by atoms with Crippen LogP contribution in [0.4, 0.5) is 5.13 Å². The maximum absolute atomic E-state index is 13.1. The van der Waals surface area contributed by atoms with Crippen LogP contribution in [0.25, 0.3) is 28.3 Å². The Morgan fingerprint density at radius 3 is 2.31 bits per heavy atom. The first-order chi connectivity index (χ1) is 17.5. The molecule has 5 rings (SSSR count). The summed E-state index contributed by atoms with van der Waals surface area (Å²) in [7, 11) is 0. The molecule has 1 atom stereocenters. The zero-order valence-corrected chi connectivity index (χ0v) is 21.8. The van der Waals surface area contributed by atoms with E-state index in [2.05, 4.69) is 52.5 Å². The van der Waals surface area contributed by atoms with Gasteiger partial charge in [-0.2, -0.15) is 0 Å². The highest BCUT2D eigenvalue weighted by Crippen LogP contribution is 2.32. The molecule has 2 aromatic heterocycles. The van der Waals surface area contributed by atoms with Crippen molar-refractivity contribution in [1.29, 1.82) is 0 Å². The van der Waals surface area contributed by atoms with Crippen LogP contribution in [0.5, 0.6) is 0 Å². The van der Waals surface area contributed by atoms with E-state index < -0.39 is 5.25 Å². The molecule has 2 heterocycles. The standard InChI is InChI=1S/C28H25N5OS2/c1-18-14-15-23(16-19(18)2)33-25(22-12-8-5-9-13-22)31-32-28(33)36-20(3)26(34)30-27-29-24(17-35-27)21-10-6-4-7-11-21/h4-17,20H,1-3H3,(H,29,30,34). The minimum absolute atomic E-state index is 0.134. The predicted molar refractivity (Wildman–Crippen MR) is 148 cm³/mol. The quantitative estimate of drug-likeness (QED) is 0.244. The Hall–Kier alpha value is -3.75. The van der Waals surface area contributed by atoms with E-state index in [0.717, 1.165) is 28.3 Å². The van der Waals surface area contributed by atoms with Gasteiger partial charge in [0, 0.05) is 16.5 Å². The van der Waals surface area contributed by atoms with Gasteiger partial charge in [0.2, 0.25) is 5.91 Å². The number of aryl methyl sites for hydroxylation is 2. The second-order valence-electron chi connectivity index (χ2n) is 8.43. The molecule has 1 unspecified atom stereocenters. The molecule has 5 aromatic rings. The fourth-order valence-corrected chi connectivity index (χ4v) is 5.30. The van der Waals surface area contributed by atoms with Crippen LogP contribution in [-0.4, -0.2) is 30.9 Å². The normalized spacial score (nSPS) is 11.9. The Bertz CT molecular complexity index is 1500. The summed E-state index contributed by atoms with van der Waals surface area (Å²) in [4.78, 5) is 17.6. The van der Waals surface area contributed by atoms with Gasteiger partial charge in [-0.05, 0) is 44.0 Å². The van der Waals surface area contributed by atoms with Crippen molar-refractivity contribution in [2.24, 2.45) is 0 Å². The summed E-state index contributed by atoms with van der Waals surface area (Å²) in [6, 6.07) is 26.2. The SMILES string of the molecule is Cc1ccc(-n2c(SC(C)C(=O)Nc3nc(-c4ccccc4)cs3)nnc2-c2ccccc2)cc1C. The number of amides is 1. The number of thioether (sulfide) groups is 1. The number of nitrogens with one attached hydrogen (secondary N) is 1. The number of carbonyl (C=O) groups excluding carboxylic acids is 1. The number of benzene rings is 3. The van der Waals surface area contributed by atoms with Crippen LogP contribution in [0.2, 0.25) is 0 Å². The summed E-state index contributed by atoms with van der Waals surface area (Å²) < 4.78 is 2.02. The molecule has 0 aliphatic carbocycles. The summed E-state index contributed by atoms with van der Waals surface area (Å²) >= 11 is 2.79. The molecule has 0 fully saturated rings. The minimum atomic E-state index is -0.410. The van der Waals surface area contributed by atoms with Gasteiger partial charge < -0.3 is 5.32 Å². The number of hydrogen-bond donors (Lipinski definition) is 1. The molecule has 1 amide bonds. The van der Waals surface area contributed by atoms with Gasteiger partial charge in [-0.3, -0.25) is 9.36 Å². The average Bonchev–Trinajstić information content (AvgIpc) is 3.54. The van der Waals surface area contributed by atoms with E-state index in [9.17, 15) is 4.79 Å². The lowest BCUT2D eigenvalue weighted by Gasteiger charge is -2.14. The predicted octanol–water partition coefficient (Wildman–Crippen LogP) is 6.79. The number of nitrogens with zero attached hydrogens (tertiary/aromatic N) is 4. The number of thiazole rings is 1. The topological polar surface area (TPSA) is 72.7 Å². The lowest BCUT2D eigenvalue weighted by atomic mass is 10.1. The van der Waals surface area contributed by atoms with E-state index in [1.807, 2.05) is 77.5 Å². The smallest absolute Gasteiger partial charge is 0.239 e. The maximum Gasteiger partial charge on any atom is 0.239 e. The molecule has 36 heavy (non-hydrogen) atoms. The summed E-state index contributed by atoms with van der Waals surface area (Å²) in [6.45, 7) is 6.05. The van der Waals surface area contributed by atoms with Crippen molar-refractivity contribution >= 4 is 34.1 Å². The zero-order valence-electron chi connectivity index (χ0n) is 20.2. The molecule has 8 heteroatoms. The molecular weight excluding hydrogens is 486 g/mol. The Kier molecular flexibility index (Phi) is 6.97. The molecule has 0 spiro atoms. The van der Waals surface area contributed by atoms with Crippen LogP contribution in [0.1, 0.15) is 18.1 Å². The molecule has 0 radical (unpaired) electrons. The summed E-state index contributed by atoms with van der Waals surface area (Å²) in [5, 5.41) is 14.7. The molecule has 0 saturated carbocycles. The van der Waals surface area contributed by atoms with Gasteiger partial charge in [-0.15, -0.1) is 21.5 Å². The van der Waals surface area contributed by atoms with Gasteiger partial charge >= 0.3 is 0 Å². The first-order valence-electron chi connectivity index (χ1n) is 11.6. The van der Waals surface area contributed by atoms with Gasteiger partial charge in [-0.25, -0.2) is 4.98 Å². The van der Waals surface area contributed by atoms with Crippen molar-refractivity contribution in [2.45, 2.75) is 31.2 Å². The van der Waals surface area contributed by atoms with E-state index in [4.69, 9.17) is 0 Å². The Morgan fingerprint density at radius 1 is 0.917 bits per heavy atom. The molecule has 3 aromatic carbocycles. The van der Waals surface area contributed by atoms with Crippen molar-refractivity contribution < 1.29 is 4.79 Å². The highest BCUT2D eigenvalue weighted by Gasteiger charge is 2.23. The molecule has 0 bridgehead atoms. The van der Waals surface area contributed by atoms with Crippen LogP contribution in [0, 0.1) is 13.8 Å². The second-order valence-corrected chi connectivity index (χ2v) is 10.6. The molecule has 0 aliphatic heterocycles. The fourth-order valence-electron chi connectivity index (χ4n) is 3.71. The first-order valence-corrected chi connectivity index (χ1v) is 13.3. The number of hydrogen-bond acceptors (Lipinski definition) is 6. The largest absolute Gasteiger partial charge is 0.301 e.